The third kappa shape index (κ3) is 4.34. The average molecular weight is 371 g/mol. The van der Waals surface area contributed by atoms with Crippen LogP contribution >= 0.6 is 11.8 Å². The molecule has 26 heavy (non-hydrogen) atoms. The smallest absolute Gasteiger partial charge is 0.257 e. The minimum Gasteiger partial charge on any atom is -0.497 e. The summed E-state index contributed by atoms with van der Waals surface area (Å²) in [7, 11) is 3.14. The van der Waals surface area contributed by atoms with Gasteiger partial charge in [0, 0.05) is 5.56 Å². The number of oxazole rings is 1. The number of amides is 1. The van der Waals surface area contributed by atoms with Crippen LogP contribution in [-0.2, 0) is 4.79 Å². The third-order valence-electron chi connectivity index (χ3n) is 3.43. The number of hydrazone groups is 1. The van der Waals surface area contributed by atoms with Crippen molar-refractivity contribution in [2.75, 3.05) is 20.0 Å². The van der Waals surface area contributed by atoms with E-state index in [2.05, 4.69) is 15.5 Å². The molecule has 1 aromatic heterocycles. The number of fused-ring (bicyclic) bond motifs is 1. The summed E-state index contributed by atoms with van der Waals surface area (Å²) >= 11 is 1.21. The molecule has 0 saturated carbocycles. The first-order valence-corrected chi connectivity index (χ1v) is 8.70. The van der Waals surface area contributed by atoms with Crippen LogP contribution in [0.15, 0.2) is 57.2 Å². The fourth-order valence-corrected chi connectivity index (χ4v) is 2.82. The summed E-state index contributed by atoms with van der Waals surface area (Å²) < 4.78 is 16.0. The number of aromatic nitrogens is 1. The quantitative estimate of drug-likeness (QED) is 0.390. The Labute approximate surface area is 154 Å². The van der Waals surface area contributed by atoms with Crippen LogP contribution in [0.4, 0.5) is 0 Å². The first-order chi connectivity index (χ1) is 12.7. The zero-order valence-corrected chi connectivity index (χ0v) is 15.1. The monoisotopic (exact) mass is 371 g/mol. The zero-order chi connectivity index (χ0) is 18.4. The van der Waals surface area contributed by atoms with E-state index in [0.29, 0.717) is 27.9 Å². The van der Waals surface area contributed by atoms with E-state index in [1.165, 1.54) is 18.0 Å². The molecule has 8 heteroatoms. The summed E-state index contributed by atoms with van der Waals surface area (Å²) in [4.78, 5) is 16.2. The van der Waals surface area contributed by atoms with Crippen LogP contribution in [0.25, 0.3) is 11.1 Å². The maximum Gasteiger partial charge on any atom is 0.257 e. The van der Waals surface area contributed by atoms with Crippen molar-refractivity contribution < 1.29 is 18.7 Å². The van der Waals surface area contributed by atoms with Crippen molar-refractivity contribution in [1.29, 1.82) is 0 Å². The average Bonchev–Trinajstić information content (AvgIpc) is 3.09. The summed E-state index contributed by atoms with van der Waals surface area (Å²) in [6.45, 7) is 0. The van der Waals surface area contributed by atoms with Crippen LogP contribution in [0.1, 0.15) is 5.56 Å². The van der Waals surface area contributed by atoms with Crippen molar-refractivity contribution >= 4 is 35.0 Å². The molecule has 0 aliphatic rings. The molecule has 7 nitrogen and oxygen atoms in total. The lowest BCUT2D eigenvalue weighted by Crippen LogP contribution is -2.19. The van der Waals surface area contributed by atoms with Crippen molar-refractivity contribution in [3.8, 4) is 11.5 Å². The molecule has 1 N–H and O–H groups in total. The summed E-state index contributed by atoms with van der Waals surface area (Å²) in [5, 5.41) is 4.40. The molecular formula is C18H17N3O4S. The van der Waals surface area contributed by atoms with Gasteiger partial charge in [-0.3, -0.25) is 4.79 Å². The first kappa shape index (κ1) is 17.8. The summed E-state index contributed by atoms with van der Waals surface area (Å²) in [6, 6.07) is 12.8. The predicted octanol–water partition coefficient (Wildman–Crippen LogP) is 3.09. The van der Waals surface area contributed by atoms with Gasteiger partial charge >= 0.3 is 0 Å². The number of hydrogen-bond acceptors (Lipinski definition) is 7. The Morgan fingerprint density at radius 3 is 2.88 bits per heavy atom. The van der Waals surface area contributed by atoms with Gasteiger partial charge in [-0.05, 0) is 30.3 Å². The van der Waals surface area contributed by atoms with Crippen molar-refractivity contribution in [2.45, 2.75) is 5.22 Å². The molecule has 0 atom stereocenters. The van der Waals surface area contributed by atoms with E-state index in [0.717, 1.165) is 5.52 Å². The number of ether oxygens (including phenoxy) is 2. The van der Waals surface area contributed by atoms with Crippen LogP contribution in [-0.4, -0.2) is 37.1 Å². The highest BCUT2D eigenvalue weighted by Gasteiger charge is 2.09. The van der Waals surface area contributed by atoms with E-state index >= 15 is 0 Å². The SMILES string of the molecule is COc1ccc(OC)c(/C=N/NC(=O)CSc2nc3ccccc3o2)c1. The van der Waals surface area contributed by atoms with Gasteiger partial charge in [-0.2, -0.15) is 5.10 Å². The molecule has 1 heterocycles. The fraction of sp³-hybridized carbons (Fsp3) is 0.167. The molecule has 0 radical (unpaired) electrons. The van der Waals surface area contributed by atoms with Crippen LogP contribution in [0, 0.1) is 0 Å². The summed E-state index contributed by atoms with van der Waals surface area (Å²) in [5.74, 6) is 1.17. The van der Waals surface area contributed by atoms with Crippen molar-refractivity contribution in [2.24, 2.45) is 5.10 Å². The highest BCUT2D eigenvalue weighted by Crippen LogP contribution is 2.23. The number of nitrogens with zero attached hydrogens (tertiary/aromatic N) is 2. The van der Waals surface area contributed by atoms with Crippen LogP contribution in [0.3, 0.4) is 0 Å². The molecule has 0 unspecified atom stereocenters. The Kier molecular flexibility index (Phi) is 5.75. The van der Waals surface area contributed by atoms with Gasteiger partial charge in [0.2, 0.25) is 0 Å². The lowest BCUT2D eigenvalue weighted by atomic mass is 10.2. The topological polar surface area (TPSA) is 86.0 Å². The van der Waals surface area contributed by atoms with E-state index in [4.69, 9.17) is 13.9 Å². The van der Waals surface area contributed by atoms with Crippen molar-refractivity contribution in [3.05, 3.63) is 48.0 Å². The molecule has 0 saturated heterocycles. The highest BCUT2D eigenvalue weighted by atomic mass is 32.2. The second-order valence-electron chi connectivity index (χ2n) is 5.14. The van der Waals surface area contributed by atoms with Crippen molar-refractivity contribution in [1.82, 2.24) is 10.4 Å². The minimum atomic E-state index is -0.268. The Bertz CT molecular complexity index is 906. The number of rotatable bonds is 7. The molecule has 0 bridgehead atoms. The lowest BCUT2D eigenvalue weighted by Gasteiger charge is -2.06. The van der Waals surface area contributed by atoms with E-state index in [1.54, 1.807) is 32.4 Å². The Hall–Kier alpha value is -3.00. The van der Waals surface area contributed by atoms with Crippen LogP contribution in [0.5, 0.6) is 11.5 Å². The predicted molar refractivity (Wildman–Crippen MR) is 100 cm³/mol. The van der Waals surface area contributed by atoms with Crippen LogP contribution < -0.4 is 14.9 Å². The van der Waals surface area contributed by atoms with Gasteiger partial charge in [-0.15, -0.1) is 0 Å². The maximum atomic E-state index is 11.9. The third-order valence-corrected chi connectivity index (χ3v) is 4.26. The highest BCUT2D eigenvalue weighted by molar-refractivity contribution is 7.99. The van der Waals surface area contributed by atoms with Crippen LogP contribution in [0.2, 0.25) is 0 Å². The van der Waals surface area contributed by atoms with E-state index in [9.17, 15) is 4.79 Å². The molecule has 2 aromatic carbocycles. The molecule has 134 valence electrons. The van der Waals surface area contributed by atoms with E-state index < -0.39 is 0 Å². The molecule has 1 amide bonds. The molecule has 0 fully saturated rings. The largest absolute Gasteiger partial charge is 0.497 e. The second-order valence-corrected chi connectivity index (χ2v) is 6.06. The molecular weight excluding hydrogens is 354 g/mol. The number of methoxy groups -OCH3 is 2. The van der Waals surface area contributed by atoms with Gasteiger partial charge in [0.05, 0.1) is 26.2 Å². The second kappa shape index (κ2) is 8.39. The number of nitrogens with one attached hydrogen (secondary N) is 1. The number of carbonyl (C=O) groups excluding carboxylic acids is 1. The number of carbonyl (C=O) groups is 1. The standard InChI is InChI=1S/C18H17N3O4S/c1-23-13-7-8-15(24-2)12(9-13)10-19-21-17(22)11-26-18-20-14-5-3-4-6-16(14)25-18/h3-10H,11H2,1-2H3,(H,21,22)/b19-10+. The summed E-state index contributed by atoms with van der Waals surface area (Å²) in [6.07, 6.45) is 1.50. The van der Waals surface area contributed by atoms with Gasteiger partial charge in [0.1, 0.15) is 17.0 Å². The van der Waals surface area contributed by atoms with E-state index in [-0.39, 0.29) is 11.7 Å². The Morgan fingerprint density at radius 2 is 2.12 bits per heavy atom. The van der Waals surface area contributed by atoms with Gasteiger partial charge in [0.25, 0.3) is 11.1 Å². The fourth-order valence-electron chi connectivity index (χ4n) is 2.19. The molecule has 0 aliphatic carbocycles. The Balaban J connectivity index is 1.56. The Morgan fingerprint density at radius 1 is 1.27 bits per heavy atom. The number of para-hydroxylation sites is 2. The lowest BCUT2D eigenvalue weighted by molar-refractivity contribution is -0.118. The van der Waals surface area contributed by atoms with Gasteiger partial charge < -0.3 is 13.9 Å². The van der Waals surface area contributed by atoms with Gasteiger partial charge in [-0.25, -0.2) is 10.4 Å². The molecule has 0 aliphatic heterocycles. The van der Waals surface area contributed by atoms with E-state index in [1.807, 2.05) is 24.3 Å². The number of benzene rings is 2. The zero-order valence-electron chi connectivity index (χ0n) is 14.3. The normalized spacial score (nSPS) is 11.0. The molecule has 3 aromatic rings. The number of thioether (sulfide) groups is 1. The minimum absolute atomic E-state index is 0.138. The van der Waals surface area contributed by atoms with Gasteiger partial charge in [-0.1, -0.05) is 23.9 Å². The first-order valence-electron chi connectivity index (χ1n) is 7.72. The molecule has 0 spiro atoms. The van der Waals surface area contributed by atoms with Crippen molar-refractivity contribution in [3.63, 3.8) is 0 Å². The van der Waals surface area contributed by atoms with Gasteiger partial charge in [0.15, 0.2) is 5.58 Å². The summed E-state index contributed by atoms with van der Waals surface area (Å²) in [5.41, 5.74) is 4.62. The number of hydrogen-bond donors (Lipinski definition) is 1. The maximum absolute atomic E-state index is 11.9. The molecule has 3 rings (SSSR count).